The summed E-state index contributed by atoms with van der Waals surface area (Å²) in [6.07, 6.45) is 1.61. The largest absolute Gasteiger partial charge is 0.354 e. The molecule has 48 heavy (non-hydrogen) atoms. The fraction of sp³-hybridized carbons (Fsp3) is 0.389. The zero-order chi connectivity index (χ0) is 34.6. The van der Waals surface area contributed by atoms with Crippen LogP contribution >= 0.6 is 0 Å². The van der Waals surface area contributed by atoms with Crippen LogP contribution in [-0.2, 0) is 27.3 Å². The fourth-order valence-corrected chi connectivity index (χ4v) is 5.42. The topological polar surface area (TPSA) is 170 Å². The van der Waals surface area contributed by atoms with E-state index in [4.69, 9.17) is 0 Å². The van der Waals surface area contributed by atoms with Crippen molar-refractivity contribution in [3.63, 3.8) is 0 Å². The molecule has 2 bridgehead atoms. The smallest absolute Gasteiger partial charge is 0.270 e. The highest BCUT2D eigenvalue weighted by atomic mass is 16.2. The van der Waals surface area contributed by atoms with Crippen molar-refractivity contribution in [3.05, 3.63) is 106 Å². The Morgan fingerprint density at radius 3 is 2.19 bits per heavy atom. The first kappa shape index (κ1) is 35.6. The number of amides is 5. The van der Waals surface area contributed by atoms with Crippen LogP contribution in [0.1, 0.15) is 72.0 Å². The monoisotopic (exact) mass is 656 g/mol. The van der Waals surface area contributed by atoms with Gasteiger partial charge in [-0.05, 0) is 61.4 Å². The van der Waals surface area contributed by atoms with Gasteiger partial charge in [0.25, 0.3) is 11.8 Å². The van der Waals surface area contributed by atoms with Crippen molar-refractivity contribution in [1.29, 1.82) is 0 Å². The number of aromatic nitrogens is 1. The third kappa shape index (κ3) is 10.4. The Labute approximate surface area is 280 Å². The summed E-state index contributed by atoms with van der Waals surface area (Å²) >= 11 is 0. The van der Waals surface area contributed by atoms with Gasteiger partial charge in [-0.25, -0.2) is 0 Å². The van der Waals surface area contributed by atoms with E-state index in [9.17, 15) is 28.8 Å². The van der Waals surface area contributed by atoms with Crippen molar-refractivity contribution in [2.75, 3.05) is 13.1 Å². The third-order valence-corrected chi connectivity index (χ3v) is 8.03. The lowest BCUT2D eigenvalue weighted by Crippen LogP contribution is -2.57. The number of hydrogen-bond donors (Lipinski definition) is 5. The predicted octanol–water partition coefficient (Wildman–Crippen LogP) is 2.30. The summed E-state index contributed by atoms with van der Waals surface area (Å²) in [5.41, 5.74) is 1.65. The van der Waals surface area contributed by atoms with Crippen LogP contribution in [0.15, 0.2) is 77.6 Å². The minimum absolute atomic E-state index is 0.0499. The Morgan fingerprint density at radius 1 is 0.792 bits per heavy atom. The molecule has 254 valence electrons. The minimum atomic E-state index is -1.00. The van der Waals surface area contributed by atoms with Crippen molar-refractivity contribution in [3.8, 4) is 0 Å². The average Bonchev–Trinajstić information content (AvgIpc) is 3.06. The lowest BCUT2D eigenvalue weighted by molar-refractivity contribution is -0.132. The van der Waals surface area contributed by atoms with E-state index in [1.54, 1.807) is 42.2 Å². The van der Waals surface area contributed by atoms with Gasteiger partial charge in [-0.1, -0.05) is 62.4 Å². The highest BCUT2D eigenvalue weighted by molar-refractivity contribution is 5.99. The molecule has 0 saturated carbocycles. The SMILES string of the molecule is CC(C)C[C@@H]1NC(=O)[C@@H](Cc2ccccc2)NC(=O)c2ccc(cc2)CN(C(=O)c2cccc(=O)[nH]2)CCCCNC(=O)[C@@H](C)NC1=O. The second-order valence-electron chi connectivity index (χ2n) is 12.5. The molecular formula is C36H44N6O6. The molecule has 0 unspecified atom stereocenters. The molecule has 2 aliphatic heterocycles. The van der Waals surface area contributed by atoms with Crippen LogP contribution in [0.5, 0.6) is 0 Å². The van der Waals surface area contributed by atoms with Gasteiger partial charge in [0.1, 0.15) is 23.8 Å². The molecule has 0 saturated heterocycles. The number of hydrogen-bond acceptors (Lipinski definition) is 6. The van der Waals surface area contributed by atoms with Gasteiger partial charge in [0.05, 0.1) is 0 Å². The summed E-state index contributed by atoms with van der Waals surface area (Å²) in [5.74, 6) is -2.20. The number of H-pyrrole nitrogens is 1. The first-order valence-corrected chi connectivity index (χ1v) is 16.3. The Morgan fingerprint density at radius 2 is 1.50 bits per heavy atom. The number of nitrogens with one attached hydrogen (secondary N) is 5. The first-order valence-electron chi connectivity index (χ1n) is 16.3. The molecule has 0 spiro atoms. The summed E-state index contributed by atoms with van der Waals surface area (Å²) in [4.78, 5) is 82.9. The Hall–Kier alpha value is -5.26. The number of pyridine rings is 1. The van der Waals surface area contributed by atoms with Crippen LogP contribution in [0.4, 0.5) is 0 Å². The molecule has 12 nitrogen and oxygen atoms in total. The number of aromatic amines is 1. The van der Waals surface area contributed by atoms with E-state index in [0.29, 0.717) is 37.9 Å². The fourth-order valence-electron chi connectivity index (χ4n) is 5.42. The van der Waals surface area contributed by atoms with Crippen molar-refractivity contribution in [2.45, 2.75) is 71.1 Å². The van der Waals surface area contributed by atoms with Gasteiger partial charge in [0, 0.05) is 37.7 Å². The van der Waals surface area contributed by atoms with E-state index in [-0.39, 0.29) is 42.0 Å². The Kier molecular flexibility index (Phi) is 12.6. The number of benzene rings is 2. The van der Waals surface area contributed by atoms with Crippen LogP contribution in [0.25, 0.3) is 0 Å². The molecule has 3 atom stereocenters. The van der Waals surface area contributed by atoms with Gasteiger partial charge in [-0.3, -0.25) is 28.8 Å². The van der Waals surface area contributed by atoms with Gasteiger partial charge >= 0.3 is 0 Å². The lowest BCUT2D eigenvalue weighted by atomic mass is 10.0. The molecule has 3 aromatic rings. The summed E-state index contributed by atoms with van der Waals surface area (Å²) in [6.45, 7) is 6.29. The average molecular weight is 657 g/mol. The van der Waals surface area contributed by atoms with Gasteiger partial charge in [0.2, 0.25) is 23.3 Å². The Bertz CT molecular complexity index is 1640. The minimum Gasteiger partial charge on any atom is -0.354 e. The van der Waals surface area contributed by atoms with Crippen molar-refractivity contribution in [1.82, 2.24) is 31.2 Å². The molecule has 3 heterocycles. The van der Waals surface area contributed by atoms with E-state index in [0.717, 1.165) is 11.1 Å². The number of rotatable bonds is 5. The van der Waals surface area contributed by atoms with E-state index < -0.39 is 35.8 Å². The quantitative estimate of drug-likeness (QED) is 0.264. The molecule has 1 aromatic heterocycles. The maximum Gasteiger partial charge on any atom is 0.270 e. The molecule has 5 amide bonds. The van der Waals surface area contributed by atoms with E-state index in [1.165, 1.54) is 12.1 Å². The molecular weight excluding hydrogens is 612 g/mol. The standard InChI is InChI=1S/C36H44N6O6/c1-23(2)20-29-34(46)38-24(3)32(44)37-18-7-8-19-42(36(48)28-12-9-13-31(43)39-28)22-26-14-16-27(17-15-26)33(45)40-30(35(47)41-29)21-25-10-5-4-6-11-25/h4-6,9-17,23-24,29-30H,7-8,18-22H2,1-3H3,(H,37,44)(H,38,46)(H,39,43)(H,40,45)(H,41,47)/t24-,29+,30-/m1/s1. The van der Waals surface area contributed by atoms with E-state index >= 15 is 0 Å². The molecule has 5 N–H and O–H groups in total. The summed E-state index contributed by atoms with van der Waals surface area (Å²) in [7, 11) is 0. The van der Waals surface area contributed by atoms with Crippen molar-refractivity contribution >= 4 is 29.5 Å². The van der Waals surface area contributed by atoms with Crippen molar-refractivity contribution in [2.24, 2.45) is 5.92 Å². The zero-order valence-corrected chi connectivity index (χ0v) is 27.6. The molecule has 2 aromatic carbocycles. The second-order valence-corrected chi connectivity index (χ2v) is 12.5. The maximum absolute atomic E-state index is 13.7. The molecule has 2 aliphatic rings. The zero-order valence-electron chi connectivity index (χ0n) is 27.6. The van der Waals surface area contributed by atoms with Crippen molar-refractivity contribution < 1.29 is 24.0 Å². The van der Waals surface area contributed by atoms with Crippen LogP contribution in [0.3, 0.4) is 0 Å². The molecule has 5 rings (SSSR count). The van der Waals surface area contributed by atoms with E-state index in [1.807, 2.05) is 44.2 Å². The van der Waals surface area contributed by atoms with Crippen LogP contribution < -0.4 is 26.8 Å². The third-order valence-electron chi connectivity index (χ3n) is 8.03. The molecule has 0 fully saturated rings. The lowest BCUT2D eigenvalue weighted by Gasteiger charge is -2.25. The molecule has 0 aliphatic carbocycles. The predicted molar refractivity (Wildman–Crippen MR) is 181 cm³/mol. The number of fused-ring (bicyclic) bond motifs is 18. The summed E-state index contributed by atoms with van der Waals surface area (Å²) < 4.78 is 0. The van der Waals surface area contributed by atoms with E-state index in [2.05, 4.69) is 26.3 Å². The second kappa shape index (κ2) is 17.1. The summed E-state index contributed by atoms with van der Waals surface area (Å²) in [6, 6.07) is 17.6. The van der Waals surface area contributed by atoms with Crippen LogP contribution in [0.2, 0.25) is 0 Å². The number of carbonyl (C=O) groups is 5. The highest BCUT2D eigenvalue weighted by Crippen LogP contribution is 2.14. The number of nitrogens with zero attached hydrogens (tertiary/aromatic N) is 1. The highest BCUT2D eigenvalue weighted by Gasteiger charge is 2.29. The summed E-state index contributed by atoms with van der Waals surface area (Å²) in [5, 5.41) is 11.2. The van der Waals surface area contributed by atoms with Crippen LogP contribution in [0, 0.1) is 5.92 Å². The maximum atomic E-state index is 13.7. The number of carbonyl (C=O) groups excluding carboxylic acids is 5. The molecule has 12 heteroatoms. The normalized spacial score (nSPS) is 20.2. The van der Waals surface area contributed by atoms with Gasteiger partial charge < -0.3 is 31.2 Å². The van der Waals surface area contributed by atoms with Gasteiger partial charge in [-0.15, -0.1) is 0 Å². The van der Waals surface area contributed by atoms with Crippen LogP contribution in [-0.4, -0.2) is 70.6 Å². The molecule has 0 radical (unpaired) electrons. The van der Waals surface area contributed by atoms with Gasteiger partial charge in [0.15, 0.2) is 0 Å². The first-order chi connectivity index (χ1) is 23.0. The Balaban J connectivity index is 1.63. The van der Waals surface area contributed by atoms with Gasteiger partial charge in [-0.2, -0.15) is 0 Å².